The minimum absolute atomic E-state index is 0.00411. The van der Waals surface area contributed by atoms with Crippen LogP contribution in [-0.2, 0) is 17.8 Å². The van der Waals surface area contributed by atoms with Crippen molar-refractivity contribution in [2.75, 3.05) is 43.7 Å². The maximum Gasteiger partial charge on any atom is 0.273 e. The molecule has 3 N–H and O–H groups in total. The second kappa shape index (κ2) is 14.2. The Kier molecular flexibility index (Phi) is 9.90. The molecule has 1 saturated carbocycles. The molecule has 5 rings (SSSR count). The quantitative estimate of drug-likeness (QED) is 0.195. The molecule has 2 heterocycles. The lowest BCUT2D eigenvalue weighted by molar-refractivity contribution is -0.117. The van der Waals surface area contributed by atoms with Crippen LogP contribution in [0.1, 0.15) is 58.3 Å². The highest BCUT2D eigenvalue weighted by Gasteiger charge is 2.30. The molecule has 0 radical (unpaired) electrons. The van der Waals surface area contributed by atoms with Gasteiger partial charge in [0.25, 0.3) is 11.8 Å². The number of pyridine rings is 1. The largest absolute Gasteiger partial charge is 0.375 e. The molecule has 0 saturated heterocycles. The molecule has 0 bridgehead atoms. The van der Waals surface area contributed by atoms with E-state index in [0.717, 1.165) is 53.9 Å². The second-order valence-electron chi connectivity index (χ2n) is 11.7. The van der Waals surface area contributed by atoms with Crippen molar-refractivity contribution in [2.24, 2.45) is 5.92 Å². The van der Waals surface area contributed by atoms with Crippen LogP contribution >= 0.6 is 0 Å². The second-order valence-corrected chi connectivity index (χ2v) is 11.7. The minimum atomic E-state index is -0.410. The molecular formula is C35H40N8O3. The number of carbonyl (C=O) groups excluding carboxylic acids is 3. The van der Waals surface area contributed by atoms with Crippen LogP contribution in [-0.4, -0.2) is 66.0 Å². The van der Waals surface area contributed by atoms with Gasteiger partial charge < -0.3 is 25.8 Å². The molecule has 0 spiro atoms. The Hall–Kier alpha value is -5.32. The fraction of sp³-hybridized carbons (Fsp3) is 0.314. The predicted molar refractivity (Wildman–Crippen MR) is 180 cm³/mol. The van der Waals surface area contributed by atoms with Crippen molar-refractivity contribution in [1.82, 2.24) is 25.4 Å². The van der Waals surface area contributed by atoms with Gasteiger partial charge in [0.05, 0.1) is 29.3 Å². The van der Waals surface area contributed by atoms with Gasteiger partial charge in [-0.05, 0) is 60.7 Å². The average Bonchev–Trinajstić information content (AvgIpc) is 3.91. The summed E-state index contributed by atoms with van der Waals surface area (Å²) < 4.78 is 0. The molecule has 0 unspecified atom stereocenters. The first-order valence-electron chi connectivity index (χ1n) is 15.5. The van der Waals surface area contributed by atoms with Crippen molar-refractivity contribution in [3.05, 3.63) is 89.4 Å². The summed E-state index contributed by atoms with van der Waals surface area (Å²) in [7, 11) is 7.18. The molecule has 1 aliphatic rings. The summed E-state index contributed by atoms with van der Waals surface area (Å²) in [5.41, 5.74) is 6.58. The van der Waals surface area contributed by atoms with Gasteiger partial charge in [-0.2, -0.15) is 0 Å². The van der Waals surface area contributed by atoms with Gasteiger partial charge in [0.15, 0.2) is 11.5 Å². The molecule has 0 atom stereocenters. The van der Waals surface area contributed by atoms with E-state index in [1.54, 1.807) is 24.2 Å². The smallest absolute Gasteiger partial charge is 0.273 e. The van der Waals surface area contributed by atoms with Crippen LogP contribution in [0, 0.1) is 5.92 Å². The lowest BCUT2D eigenvalue weighted by Crippen LogP contribution is -2.26. The number of hydrogen-bond donors (Lipinski definition) is 3. The van der Waals surface area contributed by atoms with Gasteiger partial charge in [-0.15, -0.1) is 10.2 Å². The van der Waals surface area contributed by atoms with Crippen LogP contribution in [0.3, 0.4) is 0 Å². The van der Waals surface area contributed by atoms with Gasteiger partial charge in [-0.25, -0.2) is 0 Å². The average molecular weight is 621 g/mol. The summed E-state index contributed by atoms with van der Waals surface area (Å²) in [6, 6.07) is 19.1. The number of benzene rings is 2. The number of aromatic nitrogens is 3. The van der Waals surface area contributed by atoms with Crippen molar-refractivity contribution in [2.45, 2.75) is 39.2 Å². The van der Waals surface area contributed by atoms with Gasteiger partial charge in [-0.3, -0.25) is 19.4 Å². The minimum Gasteiger partial charge on any atom is -0.375 e. The van der Waals surface area contributed by atoms with Crippen molar-refractivity contribution in [3.63, 3.8) is 0 Å². The van der Waals surface area contributed by atoms with Crippen LogP contribution in [0.15, 0.2) is 66.9 Å². The first-order valence-corrected chi connectivity index (χ1v) is 15.5. The van der Waals surface area contributed by atoms with E-state index in [9.17, 15) is 14.4 Å². The van der Waals surface area contributed by atoms with E-state index >= 15 is 0 Å². The molecule has 11 heteroatoms. The summed E-state index contributed by atoms with van der Waals surface area (Å²) in [6.07, 6.45) is 5.55. The van der Waals surface area contributed by atoms with E-state index in [1.165, 1.54) is 12.6 Å². The van der Waals surface area contributed by atoms with Crippen molar-refractivity contribution in [1.29, 1.82) is 0 Å². The molecule has 1 fully saturated rings. The Labute approximate surface area is 269 Å². The third-order valence-corrected chi connectivity index (χ3v) is 7.80. The monoisotopic (exact) mass is 620 g/mol. The molecule has 46 heavy (non-hydrogen) atoms. The molecule has 2 aromatic carbocycles. The highest BCUT2D eigenvalue weighted by Crippen LogP contribution is 2.38. The van der Waals surface area contributed by atoms with E-state index < -0.39 is 5.91 Å². The number of anilines is 4. The van der Waals surface area contributed by atoms with E-state index in [1.807, 2.05) is 67.5 Å². The molecular weight excluding hydrogens is 580 g/mol. The molecule has 238 valence electrons. The summed E-state index contributed by atoms with van der Waals surface area (Å²) in [5, 5.41) is 16.9. The summed E-state index contributed by atoms with van der Waals surface area (Å²) in [4.78, 5) is 46.5. The number of carbonyl (C=O) groups is 3. The zero-order valence-electron chi connectivity index (χ0n) is 26.9. The Balaban J connectivity index is 1.39. The maximum atomic E-state index is 13.3. The SMILES string of the molecule is CCCc1ccnc(CN(C)C(=O)c2ccc(-c3cccc(Nc4cc(NC(=O)C5CC5)nnc4C(=O)NC)c3N(C)C)cc2)c1. The van der Waals surface area contributed by atoms with Gasteiger partial charge in [0.1, 0.15) is 0 Å². The molecule has 4 aromatic rings. The van der Waals surface area contributed by atoms with Crippen LogP contribution in [0.4, 0.5) is 22.9 Å². The summed E-state index contributed by atoms with van der Waals surface area (Å²) >= 11 is 0. The van der Waals surface area contributed by atoms with Crippen molar-refractivity contribution < 1.29 is 14.4 Å². The number of hydrogen-bond acceptors (Lipinski definition) is 8. The number of para-hydroxylation sites is 1. The number of nitrogens with one attached hydrogen (secondary N) is 3. The van der Waals surface area contributed by atoms with E-state index in [0.29, 0.717) is 17.8 Å². The van der Waals surface area contributed by atoms with Gasteiger partial charge in [0.2, 0.25) is 5.91 Å². The Morgan fingerprint density at radius 3 is 2.37 bits per heavy atom. The van der Waals surface area contributed by atoms with Gasteiger partial charge in [0, 0.05) is 57.5 Å². The normalized spacial score (nSPS) is 12.3. The van der Waals surface area contributed by atoms with E-state index in [2.05, 4.69) is 44.1 Å². The zero-order chi connectivity index (χ0) is 32.8. The van der Waals surface area contributed by atoms with Crippen LogP contribution in [0.2, 0.25) is 0 Å². The molecule has 2 aromatic heterocycles. The number of aryl methyl sites for hydroxylation is 1. The fourth-order valence-corrected chi connectivity index (χ4v) is 5.30. The molecule has 1 aliphatic carbocycles. The van der Waals surface area contributed by atoms with E-state index in [4.69, 9.17) is 0 Å². The first-order chi connectivity index (χ1) is 22.2. The standard InChI is InChI=1S/C35H40N8O3/c1-6-8-22-17-18-37-26(19-22)21-43(5)35(46)25-15-11-23(12-16-25)27-9-7-10-28(32(27)42(3)4)38-29-20-30(39-33(44)24-13-14-24)40-41-31(29)34(45)36-2/h7,9-12,15-20,24H,6,8,13-14,21H2,1-5H3,(H,36,45)(H2,38,39,40,44). The van der Waals surface area contributed by atoms with Gasteiger partial charge >= 0.3 is 0 Å². The predicted octanol–water partition coefficient (Wildman–Crippen LogP) is 5.28. The summed E-state index contributed by atoms with van der Waals surface area (Å²) in [6.45, 7) is 2.56. The highest BCUT2D eigenvalue weighted by molar-refractivity contribution is 6.01. The zero-order valence-corrected chi connectivity index (χ0v) is 26.9. The maximum absolute atomic E-state index is 13.3. The third kappa shape index (κ3) is 7.48. The van der Waals surface area contributed by atoms with Crippen molar-refractivity contribution >= 4 is 40.6 Å². The molecule has 3 amide bonds. The van der Waals surface area contributed by atoms with Crippen LogP contribution in [0.25, 0.3) is 11.1 Å². The molecule has 0 aliphatic heterocycles. The van der Waals surface area contributed by atoms with Gasteiger partial charge in [-0.1, -0.05) is 37.6 Å². The van der Waals surface area contributed by atoms with Crippen molar-refractivity contribution in [3.8, 4) is 11.1 Å². The Bertz CT molecular complexity index is 1730. The summed E-state index contributed by atoms with van der Waals surface area (Å²) in [5.74, 6) is -0.337. The lowest BCUT2D eigenvalue weighted by atomic mass is 10.00. The Morgan fingerprint density at radius 1 is 0.935 bits per heavy atom. The molecule has 11 nitrogen and oxygen atoms in total. The number of nitrogens with zero attached hydrogens (tertiary/aromatic N) is 5. The Morgan fingerprint density at radius 2 is 1.70 bits per heavy atom. The van der Waals surface area contributed by atoms with Crippen LogP contribution in [0.5, 0.6) is 0 Å². The fourth-order valence-electron chi connectivity index (χ4n) is 5.30. The topological polar surface area (TPSA) is 132 Å². The van der Waals surface area contributed by atoms with E-state index in [-0.39, 0.29) is 29.2 Å². The number of amides is 3. The highest BCUT2D eigenvalue weighted by atomic mass is 16.2. The van der Waals surface area contributed by atoms with Crippen LogP contribution < -0.4 is 20.9 Å². The number of rotatable bonds is 12. The third-order valence-electron chi connectivity index (χ3n) is 7.80. The first kappa shape index (κ1) is 32.1. The lowest BCUT2D eigenvalue weighted by Gasteiger charge is -2.23.